The van der Waals surface area contributed by atoms with Crippen LogP contribution in [0, 0.1) is 5.92 Å². The van der Waals surface area contributed by atoms with Crippen LogP contribution in [0.2, 0.25) is 0 Å². The van der Waals surface area contributed by atoms with E-state index < -0.39 is 6.04 Å². The molecule has 0 saturated carbocycles. The molecule has 1 saturated heterocycles. The quantitative estimate of drug-likeness (QED) is 0.696. The number of hydrogen-bond acceptors (Lipinski definition) is 4. The summed E-state index contributed by atoms with van der Waals surface area (Å²) >= 11 is 0. The molecule has 6 heteroatoms. The average Bonchev–Trinajstić information content (AvgIpc) is 2.44. The van der Waals surface area contributed by atoms with Gasteiger partial charge in [0.1, 0.15) is 6.04 Å². The summed E-state index contributed by atoms with van der Waals surface area (Å²) in [5, 5.41) is 2.88. The van der Waals surface area contributed by atoms with Gasteiger partial charge in [0.25, 0.3) is 0 Å². The summed E-state index contributed by atoms with van der Waals surface area (Å²) in [6, 6.07) is -0.637. The van der Waals surface area contributed by atoms with Gasteiger partial charge in [-0.25, -0.2) is 0 Å². The molecule has 3 N–H and O–H groups in total. The predicted molar refractivity (Wildman–Crippen MR) is 72.5 cm³/mol. The van der Waals surface area contributed by atoms with Crippen molar-refractivity contribution in [2.24, 2.45) is 11.7 Å². The highest BCUT2D eigenvalue weighted by Crippen LogP contribution is 2.17. The van der Waals surface area contributed by atoms with Crippen LogP contribution in [0.25, 0.3) is 0 Å². The third kappa shape index (κ3) is 4.80. The molecule has 2 unspecified atom stereocenters. The van der Waals surface area contributed by atoms with Crippen LogP contribution in [0.1, 0.15) is 26.2 Å². The number of ether oxygens (including phenoxy) is 1. The molecule has 0 aromatic carbocycles. The van der Waals surface area contributed by atoms with E-state index in [4.69, 9.17) is 10.5 Å². The third-order valence-corrected chi connectivity index (χ3v) is 3.32. The van der Waals surface area contributed by atoms with Crippen molar-refractivity contribution in [1.29, 1.82) is 0 Å². The van der Waals surface area contributed by atoms with E-state index in [1.54, 1.807) is 4.90 Å². The standard InChI is InChI=1S/C13H25N3O3/c1-3-6-15-12(17)10-5-4-7-16(8-10)13(18)11(14)9-19-2/h10-11H,3-9,14H2,1-2H3,(H,15,17). The van der Waals surface area contributed by atoms with Crippen LogP contribution < -0.4 is 11.1 Å². The number of amides is 2. The van der Waals surface area contributed by atoms with E-state index in [1.165, 1.54) is 7.11 Å². The maximum atomic E-state index is 12.1. The van der Waals surface area contributed by atoms with Crippen molar-refractivity contribution in [3.63, 3.8) is 0 Å². The number of hydrogen-bond donors (Lipinski definition) is 2. The first-order valence-corrected chi connectivity index (χ1v) is 6.91. The number of nitrogens with two attached hydrogens (primary N) is 1. The Kier molecular flexibility index (Phi) is 6.80. The van der Waals surface area contributed by atoms with Crippen LogP contribution in [0.3, 0.4) is 0 Å². The zero-order valence-corrected chi connectivity index (χ0v) is 11.9. The Morgan fingerprint density at radius 3 is 2.89 bits per heavy atom. The molecular formula is C13H25N3O3. The highest BCUT2D eigenvalue weighted by atomic mass is 16.5. The van der Waals surface area contributed by atoms with Crippen LogP contribution in [-0.2, 0) is 14.3 Å². The first-order valence-electron chi connectivity index (χ1n) is 6.91. The average molecular weight is 271 g/mol. The van der Waals surface area contributed by atoms with E-state index in [1.807, 2.05) is 6.92 Å². The number of nitrogens with one attached hydrogen (secondary N) is 1. The smallest absolute Gasteiger partial charge is 0.241 e. The van der Waals surface area contributed by atoms with Crippen molar-refractivity contribution in [3.05, 3.63) is 0 Å². The molecule has 1 rings (SSSR count). The van der Waals surface area contributed by atoms with Crippen LogP contribution >= 0.6 is 0 Å². The summed E-state index contributed by atoms with van der Waals surface area (Å²) in [5.41, 5.74) is 5.74. The summed E-state index contributed by atoms with van der Waals surface area (Å²) in [4.78, 5) is 25.7. The number of nitrogens with zero attached hydrogens (tertiary/aromatic N) is 1. The summed E-state index contributed by atoms with van der Waals surface area (Å²) in [7, 11) is 1.52. The molecule has 2 atom stereocenters. The second-order valence-corrected chi connectivity index (χ2v) is 4.98. The van der Waals surface area contributed by atoms with Crippen LogP contribution in [0.4, 0.5) is 0 Å². The van der Waals surface area contributed by atoms with Crippen LogP contribution in [0.5, 0.6) is 0 Å². The monoisotopic (exact) mass is 271 g/mol. The van der Waals surface area contributed by atoms with Crippen LogP contribution in [-0.4, -0.2) is 56.1 Å². The molecule has 0 spiro atoms. The zero-order valence-electron chi connectivity index (χ0n) is 11.9. The Morgan fingerprint density at radius 1 is 1.53 bits per heavy atom. The lowest BCUT2D eigenvalue weighted by Gasteiger charge is -2.33. The Balaban J connectivity index is 2.49. The molecule has 1 heterocycles. The predicted octanol–water partition coefficient (Wildman–Crippen LogP) is -0.275. The van der Waals surface area contributed by atoms with Crippen molar-refractivity contribution in [2.75, 3.05) is 33.4 Å². The molecule has 6 nitrogen and oxygen atoms in total. The largest absolute Gasteiger partial charge is 0.383 e. The second-order valence-electron chi connectivity index (χ2n) is 4.98. The van der Waals surface area contributed by atoms with E-state index in [-0.39, 0.29) is 24.3 Å². The number of likely N-dealkylation sites (tertiary alicyclic amines) is 1. The van der Waals surface area contributed by atoms with E-state index >= 15 is 0 Å². The summed E-state index contributed by atoms with van der Waals surface area (Å²) in [5.74, 6) is -0.200. The van der Waals surface area contributed by atoms with Gasteiger partial charge in [-0.15, -0.1) is 0 Å². The number of carbonyl (C=O) groups excluding carboxylic acids is 2. The normalized spacial score (nSPS) is 21.0. The summed E-state index contributed by atoms with van der Waals surface area (Å²) in [6.07, 6.45) is 2.59. The minimum atomic E-state index is -0.637. The van der Waals surface area contributed by atoms with Gasteiger partial charge in [-0.2, -0.15) is 0 Å². The Labute approximate surface area is 114 Å². The van der Waals surface area contributed by atoms with Gasteiger partial charge >= 0.3 is 0 Å². The van der Waals surface area contributed by atoms with E-state index in [0.717, 1.165) is 19.3 Å². The number of carbonyl (C=O) groups is 2. The van der Waals surface area contributed by atoms with Gasteiger partial charge in [0.2, 0.25) is 11.8 Å². The van der Waals surface area contributed by atoms with Crippen molar-refractivity contribution < 1.29 is 14.3 Å². The van der Waals surface area contributed by atoms with Gasteiger partial charge in [-0.05, 0) is 19.3 Å². The molecule has 0 bridgehead atoms. The third-order valence-electron chi connectivity index (χ3n) is 3.32. The molecule has 1 fully saturated rings. The molecule has 1 aliphatic rings. The van der Waals surface area contributed by atoms with E-state index in [9.17, 15) is 9.59 Å². The first-order chi connectivity index (χ1) is 9.10. The number of methoxy groups -OCH3 is 1. The van der Waals surface area contributed by atoms with Gasteiger partial charge in [-0.3, -0.25) is 9.59 Å². The van der Waals surface area contributed by atoms with Crippen molar-refractivity contribution in [2.45, 2.75) is 32.2 Å². The molecule has 2 amide bonds. The molecule has 19 heavy (non-hydrogen) atoms. The number of rotatable bonds is 6. The van der Waals surface area contributed by atoms with Crippen molar-refractivity contribution >= 4 is 11.8 Å². The summed E-state index contributed by atoms with van der Waals surface area (Å²) < 4.78 is 4.89. The first kappa shape index (κ1) is 15.9. The van der Waals surface area contributed by atoms with Crippen molar-refractivity contribution in [3.8, 4) is 0 Å². The molecule has 1 aliphatic heterocycles. The minimum absolute atomic E-state index is 0.0414. The number of piperidine rings is 1. The van der Waals surface area contributed by atoms with Gasteiger partial charge in [0, 0.05) is 26.7 Å². The maximum Gasteiger partial charge on any atom is 0.241 e. The Hall–Kier alpha value is -1.14. The van der Waals surface area contributed by atoms with E-state index in [2.05, 4.69) is 5.32 Å². The lowest BCUT2D eigenvalue weighted by Crippen LogP contribution is -2.51. The fourth-order valence-corrected chi connectivity index (χ4v) is 2.27. The molecule has 110 valence electrons. The van der Waals surface area contributed by atoms with Crippen LogP contribution in [0.15, 0.2) is 0 Å². The van der Waals surface area contributed by atoms with Crippen molar-refractivity contribution in [1.82, 2.24) is 10.2 Å². The lowest BCUT2D eigenvalue weighted by molar-refractivity contribution is -0.137. The molecule has 0 radical (unpaired) electrons. The molecule has 0 aromatic rings. The van der Waals surface area contributed by atoms with Gasteiger partial charge < -0.3 is 20.7 Å². The zero-order chi connectivity index (χ0) is 14.3. The lowest BCUT2D eigenvalue weighted by atomic mass is 9.96. The van der Waals surface area contributed by atoms with Gasteiger partial charge in [-0.1, -0.05) is 6.92 Å². The Morgan fingerprint density at radius 2 is 2.26 bits per heavy atom. The minimum Gasteiger partial charge on any atom is -0.383 e. The van der Waals surface area contributed by atoms with Gasteiger partial charge in [0.05, 0.1) is 12.5 Å². The highest BCUT2D eigenvalue weighted by Gasteiger charge is 2.30. The summed E-state index contributed by atoms with van der Waals surface area (Å²) in [6.45, 7) is 4.05. The molecule has 0 aromatic heterocycles. The molecular weight excluding hydrogens is 246 g/mol. The topological polar surface area (TPSA) is 84.7 Å². The maximum absolute atomic E-state index is 12.1. The fourth-order valence-electron chi connectivity index (χ4n) is 2.27. The highest BCUT2D eigenvalue weighted by molar-refractivity contribution is 5.84. The molecule has 0 aliphatic carbocycles. The van der Waals surface area contributed by atoms with E-state index in [0.29, 0.717) is 19.6 Å². The second kappa shape index (κ2) is 8.12. The fraction of sp³-hybridized carbons (Fsp3) is 0.846. The Bertz CT molecular complexity index is 310. The van der Waals surface area contributed by atoms with Gasteiger partial charge in [0.15, 0.2) is 0 Å². The SMILES string of the molecule is CCCNC(=O)C1CCCN(C(=O)C(N)COC)C1.